The lowest BCUT2D eigenvalue weighted by molar-refractivity contribution is 0.482. The van der Waals surface area contributed by atoms with Crippen LogP contribution in [0.3, 0.4) is 0 Å². The van der Waals surface area contributed by atoms with Gasteiger partial charge in [0.15, 0.2) is 0 Å². The molecular formula is C14H16N2O3S2. The SMILES string of the molecule is CNS(=O)(=O)c1ccc(Oc2ccc(SC)cc2)cc1N. The Morgan fingerprint density at radius 1 is 1.10 bits per heavy atom. The van der Waals surface area contributed by atoms with Crippen LogP contribution in [-0.2, 0) is 10.0 Å². The van der Waals surface area contributed by atoms with E-state index in [0.717, 1.165) is 4.90 Å². The van der Waals surface area contributed by atoms with Crippen LogP contribution in [0.15, 0.2) is 52.3 Å². The van der Waals surface area contributed by atoms with Crippen LogP contribution in [0, 0.1) is 0 Å². The van der Waals surface area contributed by atoms with Crippen molar-refractivity contribution in [3.05, 3.63) is 42.5 Å². The number of nitrogens with one attached hydrogen (secondary N) is 1. The lowest BCUT2D eigenvalue weighted by atomic mass is 10.3. The molecule has 0 aliphatic rings. The first-order valence-corrected chi connectivity index (χ1v) is 8.82. The molecule has 0 saturated carbocycles. The molecular weight excluding hydrogens is 308 g/mol. The molecule has 2 aromatic carbocycles. The summed E-state index contributed by atoms with van der Waals surface area (Å²) in [6, 6.07) is 12.1. The number of nitrogen functional groups attached to an aromatic ring is 1. The molecule has 2 rings (SSSR count). The molecule has 0 spiro atoms. The minimum atomic E-state index is -3.56. The van der Waals surface area contributed by atoms with Crippen LogP contribution in [-0.4, -0.2) is 21.7 Å². The Hall–Kier alpha value is -1.70. The standard InChI is InChI=1S/C14H16N2O3S2/c1-16-21(17,18)14-8-5-11(9-13(14)15)19-10-3-6-12(20-2)7-4-10/h3-9,16H,15H2,1-2H3. The quantitative estimate of drug-likeness (QED) is 0.653. The van der Waals surface area contributed by atoms with Gasteiger partial charge in [-0.05, 0) is 49.7 Å². The molecule has 0 unspecified atom stereocenters. The largest absolute Gasteiger partial charge is 0.457 e. The number of nitrogens with two attached hydrogens (primary N) is 1. The summed E-state index contributed by atoms with van der Waals surface area (Å²) in [6.45, 7) is 0. The summed E-state index contributed by atoms with van der Waals surface area (Å²) >= 11 is 1.64. The Balaban J connectivity index is 2.24. The van der Waals surface area contributed by atoms with Crippen LogP contribution in [0.1, 0.15) is 0 Å². The van der Waals surface area contributed by atoms with Crippen molar-refractivity contribution >= 4 is 27.5 Å². The zero-order valence-corrected chi connectivity index (χ0v) is 13.3. The van der Waals surface area contributed by atoms with E-state index in [-0.39, 0.29) is 10.6 Å². The van der Waals surface area contributed by atoms with E-state index in [1.54, 1.807) is 17.8 Å². The molecule has 0 heterocycles. The first-order chi connectivity index (χ1) is 9.96. The summed E-state index contributed by atoms with van der Waals surface area (Å²) in [5.74, 6) is 1.15. The molecule has 0 atom stereocenters. The number of hydrogen-bond donors (Lipinski definition) is 2. The third-order valence-electron chi connectivity index (χ3n) is 2.83. The third kappa shape index (κ3) is 3.69. The van der Waals surface area contributed by atoms with Gasteiger partial charge in [-0.15, -0.1) is 11.8 Å². The van der Waals surface area contributed by atoms with Gasteiger partial charge in [0, 0.05) is 11.0 Å². The molecule has 0 bridgehead atoms. The van der Waals surface area contributed by atoms with Crippen LogP contribution < -0.4 is 15.2 Å². The van der Waals surface area contributed by atoms with Gasteiger partial charge in [0.2, 0.25) is 10.0 Å². The van der Waals surface area contributed by atoms with Crippen molar-refractivity contribution in [1.29, 1.82) is 0 Å². The van der Waals surface area contributed by atoms with Crippen molar-refractivity contribution in [1.82, 2.24) is 4.72 Å². The Labute approximate surface area is 128 Å². The fourth-order valence-electron chi connectivity index (χ4n) is 1.72. The van der Waals surface area contributed by atoms with Crippen LogP contribution in [0.25, 0.3) is 0 Å². The molecule has 0 fully saturated rings. The molecule has 7 heteroatoms. The first kappa shape index (κ1) is 15.7. The van der Waals surface area contributed by atoms with E-state index in [9.17, 15) is 8.42 Å². The predicted molar refractivity (Wildman–Crippen MR) is 85.4 cm³/mol. The third-order valence-corrected chi connectivity index (χ3v) is 5.07. The minimum Gasteiger partial charge on any atom is -0.457 e. The van der Waals surface area contributed by atoms with Crippen molar-refractivity contribution in [2.45, 2.75) is 9.79 Å². The lowest BCUT2D eigenvalue weighted by Gasteiger charge is -2.10. The second-order valence-corrected chi connectivity index (χ2v) is 6.92. The summed E-state index contributed by atoms with van der Waals surface area (Å²) in [5, 5.41) is 0. The van der Waals surface area contributed by atoms with Gasteiger partial charge < -0.3 is 10.5 Å². The van der Waals surface area contributed by atoms with E-state index in [4.69, 9.17) is 10.5 Å². The van der Waals surface area contributed by atoms with Crippen molar-refractivity contribution in [3.63, 3.8) is 0 Å². The minimum absolute atomic E-state index is 0.0371. The second kappa shape index (κ2) is 6.38. The summed E-state index contributed by atoms with van der Waals surface area (Å²) in [5.41, 5.74) is 5.92. The van der Waals surface area contributed by atoms with Gasteiger partial charge in [0.05, 0.1) is 5.69 Å². The van der Waals surface area contributed by atoms with Gasteiger partial charge in [-0.1, -0.05) is 0 Å². The Kier molecular flexibility index (Phi) is 4.76. The fraction of sp³-hybridized carbons (Fsp3) is 0.143. The number of hydrogen-bond acceptors (Lipinski definition) is 5. The van der Waals surface area contributed by atoms with Gasteiger partial charge in [0.25, 0.3) is 0 Å². The molecule has 0 radical (unpaired) electrons. The number of anilines is 1. The highest BCUT2D eigenvalue weighted by Gasteiger charge is 2.15. The predicted octanol–water partition coefficient (Wildman–Crippen LogP) is 2.69. The van der Waals surface area contributed by atoms with Crippen LogP contribution >= 0.6 is 11.8 Å². The maximum atomic E-state index is 11.7. The van der Waals surface area contributed by atoms with Crippen LogP contribution in [0.5, 0.6) is 11.5 Å². The molecule has 112 valence electrons. The van der Waals surface area contributed by atoms with Crippen molar-refractivity contribution in [2.75, 3.05) is 19.0 Å². The van der Waals surface area contributed by atoms with Crippen LogP contribution in [0.4, 0.5) is 5.69 Å². The number of rotatable bonds is 5. The van der Waals surface area contributed by atoms with Gasteiger partial charge in [-0.2, -0.15) is 0 Å². The Morgan fingerprint density at radius 3 is 2.24 bits per heavy atom. The average Bonchev–Trinajstić information content (AvgIpc) is 2.48. The van der Waals surface area contributed by atoms with Crippen molar-refractivity contribution in [3.8, 4) is 11.5 Å². The number of ether oxygens (including phenoxy) is 1. The van der Waals surface area contributed by atoms with E-state index in [2.05, 4.69) is 4.72 Å². The van der Waals surface area contributed by atoms with E-state index >= 15 is 0 Å². The Bertz CT molecular complexity index is 728. The van der Waals surface area contributed by atoms with E-state index in [1.807, 2.05) is 30.5 Å². The summed E-state index contributed by atoms with van der Waals surface area (Å²) in [4.78, 5) is 1.17. The zero-order valence-electron chi connectivity index (χ0n) is 11.7. The van der Waals surface area contributed by atoms with Crippen molar-refractivity contribution < 1.29 is 13.2 Å². The average molecular weight is 324 g/mol. The monoisotopic (exact) mass is 324 g/mol. The normalized spacial score (nSPS) is 11.3. The molecule has 0 aromatic heterocycles. The highest BCUT2D eigenvalue weighted by atomic mass is 32.2. The molecule has 0 aliphatic heterocycles. The van der Waals surface area contributed by atoms with E-state index < -0.39 is 10.0 Å². The molecule has 3 N–H and O–H groups in total. The van der Waals surface area contributed by atoms with Gasteiger partial charge in [0.1, 0.15) is 16.4 Å². The first-order valence-electron chi connectivity index (χ1n) is 6.11. The lowest BCUT2D eigenvalue weighted by Crippen LogP contribution is -2.19. The molecule has 0 aliphatic carbocycles. The second-order valence-electron chi connectivity index (χ2n) is 4.18. The smallest absolute Gasteiger partial charge is 0.242 e. The molecule has 0 saturated heterocycles. The topological polar surface area (TPSA) is 81.4 Å². The van der Waals surface area contributed by atoms with Gasteiger partial charge >= 0.3 is 0 Å². The number of sulfonamides is 1. The maximum absolute atomic E-state index is 11.7. The fourth-order valence-corrected chi connectivity index (χ4v) is 2.97. The number of thioether (sulfide) groups is 1. The molecule has 5 nitrogen and oxygen atoms in total. The van der Waals surface area contributed by atoms with Gasteiger partial charge in [-0.25, -0.2) is 13.1 Å². The molecule has 0 amide bonds. The molecule has 21 heavy (non-hydrogen) atoms. The Morgan fingerprint density at radius 2 is 1.71 bits per heavy atom. The summed E-state index contributed by atoms with van der Waals surface area (Å²) < 4.78 is 31.3. The summed E-state index contributed by atoms with van der Waals surface area (Å²) in [7, 11) is -2.22. The summed E-state index contributed by atoms with van der Waals surface area (Å²) in [6.07, 6.45) is 2.00. The van der Waals surface area contributed by atoms with Crippen LogP contribution in [0.2, 0.25) is 0 Å². The van der Waals surface area contributed by atoms with E-state index in [0.29, 0.717) is 11.5 Å². The zero-order chi connectivity index (χ0) is 15.5. The van der Waals surface area contributed by atoms with Gasteiger partial charge in [-0.3, -0.25) is 0 Å². The highest BCUT2D eigenvalue weighted by molar-refractivity contribution is 7.98. The highest BCUT2D eigenvalue weighted by Crippen LogP contribution is 2.28. The molecule has 2 aromatic rings. The number of benzene rings is 2. The maximum Gasteiger partial charge on any atom is 0.242 e. The van der Waals surface area contributed by atoms with E-state index in [1.165, 1.54) is 19.2 Å². The van der Waals surface area contributed by atoms with Crippen molar-refractivity contribution in [2.24, 2.45) is 0 Å².